The van der Waals surface area contributed by atoms with Crippen LogP contribution in [-0.2, 0) is 14.8 Å². The monoisotopic (exact) mass is 418 g/mol. The minimum atomic E-state index is -3.66. The van der Waals surface area contributed by atoms with E-state index in [-0.39, 0.29) is 29.5 Å². The second-order valence-electron chi connectivity index (χ2n) is 7.06. The Bertz CT molecular complexity index is 907. The zero-order chi connectivity index (χ0) is 20.9. The van der Waals surface area contributed by atoms with Crippen LogP contribution in [0, 0.1) is 11.3 Å². The topological polar surface area (TPSA) is 141 Å². The van der Waals surface area contributed by atoms with Crippen LogP contribution in [0.3, 0.4) is 0 Å². The Morgan fingerprint density at radius 1 is 1.31 bits per heavy atom. The van der Waals surface area contributed by atoms with E-state index in [2.05, 4.69) is 15.0 Å². The summed E-state index contributed by atoms with van der Waals surface area (Å²) in [6.07, 6.45) is 9.27. The number of Topliss-reactive ketones (excluding diaryl/α,β-unsaturated/α-hetero) is 1. The first-order valence-corrected chi connectivity index (χ1v) is 11.2. The number of carbonyl (C=O) groups excluding carboxylic acids is 1. The quantitative estimate of drug-likeness (QED) is 0.337. The van der Waals surface area contributed by atoms with Gasteiger partial charge in [-0.25, -0.2) is 8.42 Å². The first kappa shape index (κ1) is 21.2. The van der Waals surface area contributed by atoms with Gasteiger partial charge in [-0.2, -0.15) is 4.72 Å². The van der Waals surface area contributed by atoms with E-state index in [1.807, 2.05) is 4.90 Å². The SMILES string of the molecule is N=C(N)C1=CC=C[C@@H](C(NS(=O)(=O)CCNc2ccncc2)N2CCCC2)C1=O. The van der Waals surface area contributed by atoms with Crippen molar-refractivity contribution in [3.05, 3.63) is 48.3 Å². The fourth-order valence-electron chi connectivity index (χ4n) is 3.53. The normalized spacial score (nSPS) is 21.0. The maximum absolute atomic E-state index is 12.8. The van der Waals surface area contributed by atoms with Crippen molar-refractivity contribution in [3.63, 3.8) is 0 Å². The number of pyridine rings is 1. The molecule has 2 aliphatic rings. The average molecular weight is 419 g/mol. The van der Waals surface area contributed by atoms with Crippen LogP contribution in [0.25, 0.3) is 0 Å². The minimum Gasteiger partial charge on any atom is -0.384 e. The Kier molecular flexibility index (Phi) is 6.78. The molecule has 1 aliphatic heterocycles. The van der Waals surface area contributed by atoms with Crippen molar-refractivity contribution in [1.29, 1.82) is 5.41 Å². The highest BCUT2D eigenvalue weighted by atomic mass is 32.2. The van der Waals surface area contributed by atoms with Crippen LogP contribution in [0.4, 0.5) is 5.69 Å². The second-order valence-corrected chi connectivity index (χ2v) is 8.93. The number of rotatable bonds is 9. The zero-order valence-corrected chi connectivity index (χ0v) is 16.9. The van der Waals surface area contributed by atoms with Crippen molar-refractivity contribution in [2.45, 2.75) is 19.0 Å². The van der Waals surface area contributed by atoms with E-state index in [9.17, 15) is 13.2 Å². The van der Waals surface area contributed by atoms with E-state index in [1.165, 1.54) is 6.08 Å². The predicted molar refractivity (Wildman–Crippen MR) is 112 cm³/mol. The largest absolute Gasteiger partial charge is 0.384 e. The standard InChI is InChI=1S/C19H26N6O3S/c20-18(21)15-4-3-5-16(17(15)26)19(25-11-1-2-12-25)24-29(27,28)13-10-23-14-6-8-22-9-7-14/h3-9,16,19,24H,1-2,10-13H2,(H3,20,21)(H,22,23)/t16-,19?/m1/s1. The molecule has 0 saturated carbocycles. The van der Waals surface area contributed by atoms with E-state index < -0.39 is 22.1 Å². The fourth-order valence-corrected chi connectivity index (χ4v) is 4.68. The van der Waals surface area contributed by atoms with Gasteiger partial charge in [0.1, 0.15) is 5.84 Å². The minimum absolute atomic E-state index is 0.111. The van der Waals surface area contributed by atoms with Gasteiger partial charge in [-0.15, -0.1) is 0 Å². The molecule has 156 valence electrons. The number of hydrogen-bond acceptors (Lipinski definition) is 7. The first-order chi connectivity index (χ1) is 13.9. The fraction of sp³-hybridized carbons (Fsp3) is 0.421. The molecule has 0 spiro atoms. The van der Waals surface area contributed by atoms with Gasteiger partial charge in [-0.1, -0.05) is 12.2 Å². The molecule has 0 aromatic carbocycles. The van der Waals surface area contributed by atoms with E-state index in [0.29, 0.717) is 13.1 Å². The summed E-state index contributed by atoms with van der Waals surface area (Å²) in [5, 5.41) is 10.6. The van der Waals surface area contributed by atoms with Crippen LogP contribution in [0.15, 0.2) is 48.3 Å². The summed E-state index contributed by atoms with van der Waals surface area (Å²) in [5.74, 6) is -1.51. The third kappa shape index (κ3) is 5.49. The molecule has 2 atom stereocenters. The number of sulfonamides is 1. The molecule has 1 unspecified atom stereocenters. The molecular weight excluding hydrogens is 392 g/mol. The van der Waals surface area contributed by atoms with Gasteiger partial charge >= 0.3 is 0 Å². The highest BCUT2D eigenvalue weighted by Crippen LogP contribution is 2.24. The summed E-state index contributed by atoms with van der Waals surface area (Å²) in [4.78, 5) is 18.7. The summed E-state index contributed by atoms with van der Waals surface area (Å²) in [6.45, 7) is 1.64. The maximum Gasteiger partial charge on any atom is 0.214 e. The molecule has 2 heterocycles. The Morgan fingerprint density at radius 2 is 2.00 bits per heavy atom. The van der Waals surface area contributed by atoms with Crippen LogP contribution in [0.5, 0.6) is 0 Å². The average Bonchev–Trinajstić information content (AvgIpc) is 3.22. The molecule has 1 aromatic rings. The van der Waals surface area contributed by atoms with Gasteiger partial charge in [0.15, 0.2) is 5.78 Å². The second kappa shape index (κ2) is 9.29. The van der Waals surface area contributed by atoms with Gasteiger partial charge in [0.25, 0.3) is 0 Å². The Balaban J connectivity index is 1.70. The highest BCUT2D eigenvalue weighted by Gasteiger charge is 2.37. The lowest BCUT2D eigenvalue weighted by Gasteiger charge is -2.33. The molecule has 1 fully saturated rings. The van der Waals surface area contributed by atoms with Crippen molar-refractivity contribution < 1.29 is 13.2 Å². The number of likely N-dealkylation sites (tertiary alicyclic amines) is 1. The molecule has 0 bridgehead atoms. The van der Waals surface area contributed by atoms with Gasteiger partial charge in [-0.3, -0.25) is 20.1 Å². The Hall–Kier alpha value is -2.56. The Labute approximate surface area is 170 Å². The van der Waals surface area contributed by atoms with E-state index in [1.54, 1.807) is 36.7 Å². The number of amidine groups is 1. The molecule has 1 saturated heterocycles. The lowest BCUT2D eigenvalue weighted by atomic mass is 9.89. The van der Waals surface area contributed by atoms with Crippen LogP contribution < -0.4 is 15.8 Å². The van der Waals surface area contributed by atoms with Crippen LogP contribution in [0.1, 0.15) is 12.8 Å². The van der Waals surface area contributed by atoms with E-state index >= 15 is 0 Å². The molecular formula is C19H26N6O3S. The number of nitrogens with zero attached hydrogens (tertiary/aromatic N) is 2. The smallest absolute Gasteiger partial charge is 0.214 e. The molecule has 3 rings (SSSR count). The molecule has 1 aromatic heterocycles. The van der Waals surface area contributed by atoms with Gasteiger partial charge in [0.2, 0.25) is 10.0 Å². The van der Waals surface area contributed by atoms with Crippen molar-refractivity contribution in [3.8, 4) is 0 Å². The molecule has 1 aliphatic carbocycles. The van der Waals surface area contributed by atoms with Crippen molar-refractivity contribution in [1.82, 2.24) is 14.6 Å². The van der Waals surface area contributed by atoms with E-state index in [0.717, 1.165) is 18.5 Å². The third-order valence-electron chi connectivity index (χ3n) is 4.99. The number of ketones is 1. The summed E-state index contributed by atoms with van der Waals surface area (Å²) in [6, 6.07) is 3.52. The lowest BCUT2D eigenvalue weighted by Crippen LogP contribution is -2.54. The van der Waals surface area contributed by atoms with Crippen LogP contribution >= 0.6 is 0 Å². The zero-order valence-electron chi connectivity index (χ0n) is 16.0. The van der Waals surface area contributed by atoms with Crippen molar-refractivity contribution in [2.24, 2.45) is 11.7 Å². The third-order valence-corrected chi connectivity index (χ3v) is 6.34. The molecule has 9 nitrogen and oxygen atoms in total. The number of nitrogens with two attached hydrogens (primary N) is 1. The van der Waals surface area contributed by atoms with Gasteiger partial charge in [0.05, 0.1) is 23.4 Å². The summed E-state index contributed by atoms with van der Waals surface area (Å²) in [5.41, 5.74) is 6.41. The number of allylic oxidation sites excluding steroid dienone is 2. The number of hydrogen-bond donors (Lipinski definition) is 4. The van der Waals surface area contributed by atoms with Gasteiger partial charge in [0, 0.05) is 24.6 Å². The van der Waals surface area contributed by atoms with E-state index in [4.69, 9.17) is 11.1 Å². The van der Waals surface area contributed by atoms with Gasteiger partial charge in [-0.05, 0) is 44.1 Å². The maximum atomic E-state index is 12.8. The Morgan fingerprint density at radius 3 is 2.66 bits per heavy atom. The van der Waals surface area contributed by atoms with Crippen LogP contribution in [-0.4, -0.2) is 61.5 Å². The summed E-state index contributed by atoms with van der Waals surface area (Å²) < 4.78 is 28.2. The predicted octanol–water partition coefficient (Wildman–Crippen LogP) is 0.452. The molecule has 10 heteroatoms. The van der Waals surface area contributed by atoms with Crippen molar-refractivity contribution >= 4 is 27.3 Å². The number of aromatic nitrogens is 1. The number of nitrogens with one attached hydrogen (secondary N) is 3. The number of carbonyl (C=O) groups is 1. The first-order valence-electron chi connectivity index (χ1n) is 9.52. The molecule has 0 radical (unpaired) electrons. The lowest BCUT2D eigenvalue weighted by molar-refractivity contribution is -0.119. The van der Waals surface area contributed by atoms with Crippen molar-refractivity contribution in [2.75, 3.05) is 30.7 Å². The summed E-state index contributed by atoms with van der Waals surface area (Å²) >= 11 is 0. The molecule has 29 heavy (non-hydrogen) atoms. The molecule has 0 amide bonds. The highest BCUT2D eigenvalue weighted by molar-refractivity contribution is 7.89. The summed E-state index contributed by atoms with van der Waals surface area (Å²) in [7, 11) is -3.66. The molecule has 5 N–H and O–H groups in total. The van der Waals surface area contributed by atoms with Gasteiger partial charge < -0.3 is 11.1 Å². The number of anilines is 1. The van der Waals surface area contributed by atoms with Crippen LogP contribution in [0.2, 0.25) is 0 Å².